The number of hydrogen-bond donors (Lipinski definition) is 2. The van der Waals surface area contributed by atoms with Crippen molar-refractivity contribution in [3.05, 3.63) is 33.3 Å². The maximum Gasteiger partial charge on any atom is 0.214 e. The molecule has 1 aromatic carbocycles. The number of halogens is 1. The molecule has 0 fully saturated rings. The molecule has 0 saturated carbocycles. The van der Waals surface area contributed by atoms with E-state index in [1.54, 1.807) is 17.9 Å². The van der Waals surface area contributed by atoms with Crippen molar-refractivity contribution < 1.29 is 9.47 Å². The number of nitrogens with zero attached hydrogens (tertiary/aromatic N) is 2. The van der Waals surface area contributed by atoms with Gasteiger partial charge in [-0.25, -0.2) is 4.68 Å². The molecule has 0 amide bonds. The average molecular weight is 357 g/mol. The first-order chi connectivity index (χ1) is 11.1. The molecule has 0 aliphatic rings. The van der Waals surface area contributed by atoms with Crippen LogP contribution in [0.2, 0.25) is 5.02 Å². The molecule has 2 rings (SSSR count). The lowest BCUT2D eigenvalue weighted by atomic mass is 10.2. The van der Waals surface area contributed by atoms with Crippen molar-refractivity contribution in [3.63, 3.8) is 0 Å². The lowest BCUT2D eigenvalue weighted by molar-refractivity contribution is 0.310. The van der Waals surface area contributed by atoms with E-state index in [9.17, 15) is 0 Å². The molecule has 23 heavy (non-hydrogen) atoms. The van der Waals surface area contributed by atoms with Crippen molar-refractivity contribution in [2.75, 3.05) is 19.1 Å². The molecule has 0 radical (unpaired) electrons. The van der Waals surface area contributed by atoms with Crippen LogP contribution in [0.4, 0.5) is 0 Å². The largest absolute Gasteiger partial charge is 0.493 e. The minimum absolute atomic E-state index is 0.492. The zero-order valence-corrected chi connectivity index (χ0v) is 15.1. The predicted octanol–water partition coefficient (Wildman–Crippen LogP) is 3.70. The lowest BCUT2D eigenvalue weighted by Gasteiger charge is -2.14. The molecule has 2 N–H and O–H groups in total. The van der Waals surface area contributed by atoms with Gasteiger partial charge < -0.3 is 14.9 Å². The number of hydrogen-bond acceptors (Lipinski definition) is 5. The first kappa shape index (κ1) is 17.6. The summed E-state index contributed by atoms with van der Waals surface area (Å²) in [7, 11) is 1.61. The zero-order valence-electron chi connectivity index (χ0n) is 13.5. The maximum absolute atomic E-state index is 6.34. The Labute approximate surface area is 145 Å². The fraction of sp³-hybridized carbons (Fsp3) is 0.467. The van der Waals surface area contributed by atoms with Crippen LogP contribution in [0.3, 0.4) is 0 Å². The van der Waals surface area contributed by atoms with Crippen LogP contribution < -0.4 is 14.9 Å². The van der Waals surface area contributed by atoms with E-state index in [4.69, 9.17) is 33.3 Å². The quantitative estimate of drug-likeness (QED) is 0.706. The smallest absolute Gasteiger partial charge is 0.214 e. The maximum atomic E-state index is 6.34. The Balaban J connectivity index is 2.21. The van der Waals surface area contributed by atoms with E-state index in [0.29, 0.717) is 34.4 Å². The molecule has 126 valence electrons. The summed E-state index contributed by atoms with van der Waals surface area (Å²) < 4.78 is 13.2. The van der Waals surface area contributed by atoms with Crippen molar-refractivity contribution in [1.82, 2.24) is 14.9 Å². The van der Waals surface area contributed by atoms with Gasteiger partial charge in [-0.15, -0.1) is 0 Å². The molecular formula is C15H21ClN4O2S. The van der Waals surface area contributed by atoms with E-state index >= 15 is 0 Å². The third-order valence-electron chi connectivity index (χ3n) is 3.28. The number of nitrogens with one attached hydrogen (secondary N) is 2. The van der Waals surface area contributed by atoms with E-state index in [-0.39, 0.29) is 0 Å². The van der Waals surface area contributed by atoms with Gasteiger partial charge in [-0.3, -0.25) is 5.10 Å². The Kier molecular flexibility index (Phi) is 6.29. The van der Waals surface area contributed by atoms with Crippen molar-refractivity contribution >= 4 is 23.8 Å². The first-order valence-corrected chi connectivity index (χ1v) is 8.28. The van der Waals surface area contributed by atoms with Gasteiger partial charge in [0.1, 0.15) is 0 Å². The summed E-state index contributed by atoms with van der Waals surface area (Å²) in [6, 6.07) is 3.63. The molecule has 8 heteroatoms. The molecule has 0 unspecified atom stereocenters. The lowest BCUT2D eigenvalue weighted by Crippen LogP contribution is -2.18. The van der Waals surface area contributed by atoms with Crippen LogP contribution in [0.5, 0.6) is 11.5 Å². The summed E-state index contributed by atoms with van der Waals surface area (Å²) in [5, 5.41) is 7.62. The second kappa shape index (κ2) is 8.21. The van der Waals surface area contributed by atoms with Crippen LogP contribution in [-0.4, -0.2) is 28.6 Å². The van der Waals surface area contributed by atoms with Gasteiger partial charge in [0.2, 0.25) is 4.77 Å². The molecule has 0 bridgehead atoms. The molecule has 0 aliphatic heterocycles. The molecule has 0 spiro atoms. The number of aromatic nitrogens is 3. The number of aryl methyl sites for hydroxylation is 1. The van der Waals surface area contributed by atoms with Crippen molar-refractivity contribution in [1.29, 1.82) is 0 Å². The molecule has 0 atom stereocenters. The highest BCUT2D eigenvalue weighted by molar-refractivity contribution is 7.71. The number of aromatic amines is 1. The van der Waals surface area contributed by atoms with Gasteiger partial charge in [-0.1, -0.05) is 18.5 Å². The van der Waals surface area contributed by atoms with Gasteiger partial charge in [0.05, 0.1) is 20.3 Å². The van der Waals surface area contributed by atoms with Gasteiger partial charge >= 0.3 is 0 Å². The van der Waals surface area contributed by atoms with Gasteiger partial charge in [0.15, 0.2) is 17.3 Å². The third kappa shape index (κ3) is 4.17. The SMILES string of the molecule is CCCc1n[nH]c(=S)n1NCc1cc(OC)c(OCC)cc1Cl. The topological polar surface area (TPSA) is 64.1 Å². The van der Waals surface area contributed by atoms with Gasteiger partial charge in [0, 0.05) is 17.5 Å². The Hall–Kier alpha value is -1.73. The van der Waals surface area contributed by atoms with E-state index in [2.05, 4.69) is 22.5 Å². The summed E-state index contributed by atoms with van der Waals surface area (Å²) in [6.07, 6.45) is 1.82. The standard InChI is InChI=1S/C15H21ClN4O2S/c1-4-6-14-18-19-15(23)20(14)17-9-10-7-12(21-3)13(22-5-2)8-11(10)16/h7-8,17H,4-6,9H2,1-3H3,(H,19,23). The van der Waals surface area contributed by atoms with Crippen LogP contribution in [0, 0.1) is 4.77 Å². The van der Waals surface area contributed by atoms with Gasteiger partial charge in [-0.2, -0.15) is 5.10 Å². The number of ether oxygens (including phenoxy) is 2. The highest BCUT2D eigenvalue weighted by atomic mass is 35.5. The normalized spacial score (nSPS) is 10.6. The molecular weight excluding hydrogens is 336 g/mol. The summed E-state index contributed by atoms with van der Waals surface area (Å²) >= 11 is 11.6. The molecule has 6 nitrogen and oxygen atoms in total. The highest BCUT2D eigenvalue weighted by Crippen LogP contribution is 2.33. The fourth-order valence-corrected chi connectivity index (χ4v) is 2.62. The third-order valence-corrected chi connectivity index (χ3v) is 3.90. The number of H-pyrrole nitrogens is 1. The van der Waals surface area contributed by atoms with Gasteiger partial charge in [0.25, 0.3) is 0 Å². The van der Waals surface area contributed by atoms with Gasteiger partial charge in [-0.05, 0) is 37.2 Å². The number of methoxy groups -OCH3 is 1. The monoisotopic (exact) mass is 356 g/mol. The Morgan fingerprint density at radius 1 is 1.35 bits per heavy atom. The molecule has 0 saturated heterocycles. The van der Waals surface area contributed by atoms with E-state index in [1.807, 2.05) is 13.0 Å². The Morgan fingerprint density at radius 2 is 2.13 bits per heavy atom. The summed E-state index contributed by atoms with van der Waals surface area (Å²) in [5.74, 6) is 2.15. The van der Waals surface area contributed by atoms with Crippen molar-refractivity contribution in [2.24, 2.45) is 0 Å². The minimum atomic E-state index is 0.492. The molecule has 1 aromatic heterocycles. The molecule has 2 aromatic rings. The van der Waals surface area contributed by atoms with Crippen LogP contribution >= 0.6 is 23.8 Å². The van der Waals surface area contributed by atoms with Crippen LogP contribution in [0.1, 0.15) is 31.7 Å². The van der Waals surface area contributed by atoms with Crippen LogP contribution in [-0.2, 0) is 13.0 Å². The fourth-order valence-electron chi connectivity index (χ4n) is 2.19. The van der Waals surface area contributed by atoms with E-state index in [0.717, 1.165) is 24.2 Å². The first-order valence-electron chi connectivity index (χ1n) is 7.50. The highest BCUT2D eigenvalue weighted by Gasteiger charge is 2.11. The minimum Gasteiger partial charge on any atom is -0.493 e. The molecule has 1 heterocycles. The summed E-state index contributed by atoms with van der Waals surface area (Å²) in [5.41, 5.74) is 4.13. The summed E-state index contributed by atoms with van der Waals surface area (Å²) in [4.78, 5) is 0. The second-order valence-electron chi connectivity index (χ2n) is 4.89. The predicted molar refractivity (Wildman–Crippen MR) is 93.6 cm³/mol. The Bertz CT molecular complexity index is 714. The van der Waals surface area contributed by atoms with Crippen LogP contribution in [0.25, 0.3) is 0 Å². The Morgan fingerprint density at radius 3 is 2.78 bits per heavy atom. The van der Waals surface area contributed by atoms with Crippen LogP contribution in [0.15, 0.2) is 12.1 Å². The molecule has 0 aliphatic carbocycles. The van der Waals surface area contributed by atoms with E-state index < -0.39 is 0 Å². The number of benzene rings is 1. The van der Waals surface area contributed by atoms with E-state index in [1.165, 1.54) is 0 Å². The summed E-state index contributed by atoms with van der Waals surface area (Å²) in [6.45, 7) is 5.05. The second-order valence-corrected chi connectivity index (χ2v) is 5.69. The zero-order chi connectivity index (χ0) is 16.8. The van der Waals surface area contributed by atoms with Crippen molar-refractivity contribution in [2.45, 2.75) is 33.2 Å². The average Bonchev–Trinajstić information content (AvgIpc) is 2.88. The van der Waals surface area contributed by atoms with Crippen molar-refractivity contribution in [3.8, 4) is 11.5 Å². The number of rotatable bonds is 8.